The van der Waals surface area contributed by atoms with Gasteiger partial charge < -0.3 is 14.6 Å². The van der Waals surface area contributed by atoms with Crippen molar-refractivity contribution in [1.29, 1.82) is 0 Å². The Morgan fingerprint density at radius 2 is 1.54 bits per heavy atom. The van der Waals surface area contributed by atoms with Crippen molar-refractivity contribution < 1.29 is 27.7 Å². The van der Waals surface area contributed by atoms with Gasteiger partial charge in [-0.2, -0.15) is 0 Å². The molecule has 0 saturated carbocycles. The third-order valence-electron chi connectivity index (χ3n) is 8.40. The van der Waals surface area contributed by atoms with Crippen LogP contribution in [0.25, 0.3) is 22.0 Å². The van der Waals surface area contributed by atoms with Crippen LogP contribution >= 0.6 is 27.5 Å². The number of nitrogens with zero attached hydrogens (tertiary/aromatic N) is 2. The molecule has 5 aromatic carbocycles. The van der Waals surface area contributed by atoms with Crippen LogP contribution in [-0.2, 0) is 27.8 Å². The average Bonchev–Trinajstić information content (AvgIpc) is 3.50. The van der Waals surface area contributed by atoms with Crippen molar-refractivity contribution in [2.24, 2.45) is 0 Å². The van der Waals surface area contributed by atoms with Crippen LogP contribution in [0.2, 0.25) is 5.02 Å². The highest BCUT2D eigenvalue weighted by Crippen LogP contribution is 2.28. The Morgan fingerprint density at radius 3 is 2.19 bits per heavy atom. The van der Waals surface area contributed by atoms with Crippen LogP contribution in [0.15, 0.2) is 131 Å². The molecule has 0 bridgehead atoms. The lowest BCUT2D eigenvalue weighted by molar-refractivity contribution is -0.384. The molecule has 0 aliphatic heterocycles. The summed E-state index contributed by atoms with van der Waals surface area (Å²) in [5.74, 6) is -0.854. The molecule has 2 amide bonds. The van der Waals surface area contributed by atoms with Gasteiger partial charge in [0, 0.05) is 40.6 Å². The molecular formula is C38H30BrClN4O7S. The summed E-state index contributed by atoms with van der Waals surface area (Å²) in [7, 11) is -2.97. The number of benzene rings is 5. The van der Waals surface area contributed by atoms with E-state index in [1.54, 1.807) is 49.7 Å². The number of nitrogens with one attached hydrogen (secondary N) is 2. The van der Waals surface area contributed by atoms with E-state index in [2.05, 4.69) is 21.2 Å². The van der Waals surface area contributed by atoms with Gasteiger partial charge in [-0.1, -0.05) is 94.3 Å². The molecule has 0 unspecified atom stereocenters. The molecular weight excluding hydrogens is 772 g/mol. The minimum absolute atomic E-state index is 0.0552. The van der Waals surface area contributed by atoms with Crippen molar-refractivity contribution in [3.8, 4) is 16.9 Å². The van der Waals surface area contributed by atoms with Crippen molar-refractivity contribution in [2.45, 2.75) is 23.9 Å². The van der Waals surface area contributed by atoms with Crippen LogP contribution in [0, 0.1) is 10.1 Å². The number of para-hydroxylation sites is 1. The number of fused-ring (bicyclic) bond motifs is 1. The molecule has 1 heterocycles. The predicted molar refractivity (Wildman–Crippen MR) is 202 cm³/mol. The highest BCUT2D eigenvalue weighted by molar-refractivity contribution is 9.10. The maximum Gasteiger partial charge on any atom is 0.289 e. The molecule has 2 N–H and O–H groups in total. The molecule has 6 rings (SSSR count). The second-order valence-electron chi connectivity index (χ2n) is 11.8. The molecule has 52 heavy (non-hydrogen) atoms. The van der Waals surface area contributed by atoms with Crippen LogP contribution in [0.1, 0.15) is 21.5 Å². The zero-order valence-corrected chi connectivity index (χ0v) is 30.6. The van der Waals surface area contributed by atoms with Crippen LogP contribution in [0.3, 0.4) is 0 Å². The number of nitro benzene ring substituents is 1. The Morgan fingerprint density at radius 1 is 0.904 bits per heavy atom. The van der Waals surface area contributed by atoms with Gasteiger partial charge in [0.1, 0.15) is 16.8 Å². The first-order chi connectivity index (χ1) is 24.9. The first-order valence-corrected chi connectivity index (χ1v) is 18.4. The highest BCUT2D eigenvalue weighted by Gasteiger charge is 2.29. The lowest BCUT2D eigenvalue weighted by atomic mass is 10.0. The number of hydrogen-bond donors (Lipinski definition) is 2. The molecule has 264 valence electrons. The summed E-state index contributed by atoms with van der Waals surface area (Å²) in [6.45, 7) is 0.449. The number of sulfonamides is 1. The molecule has 14 heteroatoms. The van der Waals surface area contributed by atoms with Gasteiger partial charge in [-0.05, 0) is 64.7 Å². The van der Waals surface area contributed by atoms with Crippen molar-refractivity contribution >= 4 is 66.0 Å². The number of ether oxygens (including phenoxy) is 1. The first-order valence-electron chi connectivity index (χ1n) is 15.8. The number of nitro groups is 1. The second-order valence-corrected chi connectivity index (χ2v) is 14.8. The topological polar surface area (TPSA) is 150 Å². The molecule has 11 nitrogen and oxygen atoms in total. The SMILES string of the molecule is COc1ccc(-c2ccc(Cn3cc(C(=O)N[C@@H](Cc4ccc(Br)cc4)C(=O)NS(=O)(=O)c4ccc(Cl)c([N+](=O)[O-])c4)c4ccccc43)cc2)cc1. The van der Waals surface area contributed by atoms with E-state index in [-0.39, 0.29) is 17.0 Å². The van der Waals surface area contributed by atoms with Crippen LogP contribution in [0.4, 0.5) is 5.69 Å². The van der Waals surface area contributed by atoms with Crippen LogP contribution in [-0.4, -0.2) is 42.9 Å². The average molecular weight is 802 g/mol. The van der Waals surface area contributed by atoms with Crippen LogP contribution < -0.4 is 14.8 Å². The number of hydrogen-bond acceptors (Lipinski definition) is 7. The van der Waals surface area contributed by atoms with Gasteiger partial charge >= 0.3 is 0 Å². The zero-order chi connectivity index (χ0) is 37.0. The molecule has 0 aliphatic rings. The third kappa shape index (κ3) is 8.17. The van der Waals surface area contributed by atoms with Gasteiger partial charge in [-0.15, -0.1) is 0 Å². The fraction of sp³-hybridized carbons (Fsp3) is 0.105. The van der Waals surface area contributed by atoms with Gasteiger partial charge in [0.25, 0.3) is 27.5 Å². The van der Waals surface area contributed by atoms with Gasteiger partial charge in [0.15, 0.2) is 0 Å². The Hall–Kier alpha value is -5.50. The molecule has 0 saturated heterocycles. The summed E-state index contributed by atoms with van der Waals surface area (Å²) in [6.07, 6.45) is 1.65. The van der Waals surface area contributed by atoms with Gasteiger partial charge in [-0.3, -0.25) is 19.7 Å². The maximum absolute atomic E-state index is 14.0. The number of methoxy groups -OCH3 is 1. The largest absolute Gasteiger partial charge is 0.497 e. The third-order valence-corrected chi connectivity index (χ3v) is 10.6. The minimum atomic E-state index is -4.60. The maximum atomic E-state index is 14.0. The monoisotopic (exact) mass is 800 g/mol. The van der Waals surface area contributed by atoms with E-state index in [9.17, 15) is 28.1 Å². The van der Waals surface area contributed by atoms with E-state index >= 15 is 0 Å². The molecule has 1 atom stereocenters. The van der Waals surface area contributed by atoms with E-state index in [1.807, 2.05) is 70.0 Å². The van der Waals surface area contributed by atoms with Crippen molar-refractivity contribution in [3.05, 3.63) is 158 Å². The number of carbonyl (C=O) groups excluding carboxylic acids is 2. The molecule has 6 aromatic rings. The summed E-state index contributed by atoms with van der Waals surface area (Å²) in [4.78, 5) is 37.6. The smallest absolute Gasteiger partial charge is 0.289 e. The number of amides is 2. The summed E-state index contributed by atoms with van der Waals surface area (Å²) in [6, 6.07) is 31.7. The Balaban J connectivity index is 1.26. The first kappa shape index (κ1) is 36.3. The van der Waals surface area contributed by atoms with Crippen LogP contribution in [0.5, 0.6) is 5.75 Å². The van der Waals surface area contributed by atoms with E-state index in [0.29, 0.717) is 17.5 Å². The predicted octanol–water partition coefficient (Wildman–Crippen LogP) is 7.54. The lowest BCUT2D eigenvalue weighted by Gasteiger charge is -2.19. The highest BCUT2D eigenvalue weighted by atomic mass is 79.9. The molecule has 0 fully saturated rings. The second kappa shape index (κ2) is 15.4. The number of aromatic nitrogens is 1. The number of halogens is 2. The minimum Gasteiger partial charge on any atom is -0.497 e. The lowest BCUT2D eigenvalue weighted by Crippen LogP contribution is -2.49. The summed E-state index contributed by atoms with van der Waals surface area (Å²) >= 11 is 9.23. The van der Waals surface area contributed by atoms with E-state index in [4.69, 9.17) is 16.3 Å². The molecule has 0 spiro atoms. The van der Waals surface area contributed by atoms with Gasteiger partial charge in [0.2, 0.25) is 0 Å². The quantitative estimate of drug-likeness (QED) is 0.0960. The number of rotatable bonds is 12. The zero-order valence-electron chi connectivity index (χ0n) is 27.5. The summed E-state index contributed by atoms with van der Waals surface area (Å²) < 4.78 is 36.4. The van der Waals surface area contributed by atoms with Crippen molar-refractivity contribution in [2.75, 3.05) is 7.11 Å². The Bertz CT molecular complexity index is 2400. The van der Waals surface area contributed by atoms with Gasteiger partial charge in [0.05, 0.1) is 22.5 Å². The van der Waals surface area contributed by atoms with E-state index < -0.39 is 43.4 Å². The number of carbonyl (C=O) groups is 2. The standard InChI is InChI=1S/C38H30BrClN4O7S/c1-51-29-16-12-27(13-17-29)26-10-6-25(7-11-26)22-43-23-32(31-4-2-3-5-35(31)43)37(45)41-34(20-24-8-14-28(39)15-9-24)38(46)42-52(49,50)30-18-19-33(40)36(21-30)44(47)48/h2-19,21,23,34H,20,22H2,1H3,(H,41,45)(H,42,46)/t34-/m0/s1. The van der Waals surface area contributed by atoms with E-state index in [0.717, 1.165) is 50.6 Å². The molecule has 1 aromatic heterocycles. The van der Waals surface area contributed by atoms with Crippen molar-refractivity contribution in [1.82, 2.24) is 14.6 Å². The molecule has 0 radical (unpaired) electrons. The Labute approximate surface area is 312 Å². The fourth-order valence-electron chi connectivity index (χ4n) is 5.70. The Kier molecular flexibility index (Phi) is 10.7. The van der Waals surface area contributed by atoms with Gasteiger partial charge in [-0.25, -0.2) is 13.1 Å². The van der Waals surface area contributed by atoms with E-state index in [1.165, 1.54) is 0 Å². The molecule has 0 aliphatic carbocycles. The summed E-state index contributed by atoms with van der Waals surface area (Å²) in [5.41, 5.74) is 4.15. The normalized spacial score (nSPS) is 11.9. The summed E-state index contributed by atoms with van der Waals surface area (Å²) in [5, 5.41) is 14.5. The fourth-order valence-corrected chi connectivity index (χ4v) is 7.19. The van der Waals surface area contributed by atoms with Crippen molar-refractivity contribution in [3.63, 3.8) is 0 Å².